The number of halogens is 2. The van der Waals surface area contributed by atoms with Crippen LogP contribution < -0.4 is 0 Å². The third kappa shape index (κ3) is 7.14. The minimum atomic E-state index is -0.250. The number of rotatable bonds is 1. The van der Waals surface area contributed by atoms with E-state index in [1.807, 2.05) is 20.8 Å². The molecule has 1 N–H and O–H groups in total. The van der Waals surface area contributed by atoms with E-state index in [0.29, 0.717) is 0 Å². The number of nitrogens with one attached hydrogen (secondary N) is 1. The summed E-state index contributed by atoms with van der Waals surface area (Å²) in [6, 6.07) is 12.9. The fraction of sp³-hybridized carbons (Fsp3) is 0.318. The van der Waals surface area contributed by atoms with Crippen molar-refractivity contribution in [1.82, 2.24) is 0 Å². The largest absolute Gasteiger partial charge is 2.00 e. The van der Waals surface area contributed by atoms with Gasteiger partial charge in [-0.25, -0.2) is 0 Å². The summed E-state index contributed by atoms with van der Waals surface area (Å²) in [7, 11) is 0. The molecule has 1 aliphatic rings. The molecule has 0 aliphatic heterocycles. The molecular weight excluding hydrogens is 397 g/mol. The van der Waals surface area contributed by atoms with Gasteiger partial charge in [-0.3, -0.25) is 0 Å². The Balaban J connectivity index is 0. The molecule has 3 rings (SSSR count). The molecule has 26 heavy (non-hydrogen) atoms. The molecular formula is C22H29Cl2NTi. The Morgan fingerprint density at radius 2 is 1.50 bits per heavy atom. The Morgan fingerprint density at radius 3 is 2.00 bits per heavy atom. The first kappa shape index (κ1) is 27.5. The summed E-state index contributed by atoms with van der Waals surface area (Å²) in [5, 5.41) is 2.53. The second-order valence-electron chi connectivity index (χ2n) is 7.26. The molecule has 0 saturated carbocycles. The van der Waals surface area contributed by atoms with Gasteiger partial charge in [-0.15, -0.1) is 53.4 Å². The van der Waals surface area contributed by atoms with Gasteiger partial charge in [-0.05, 0) is 20.3 Å². The molecule has 1 aliphatic carbocycles. The van der Waals surface area contributed by atoms with E-state index >= 15 is 0 Å². The van der Waals surface area contributed by atoms with Crippen molar-refractivity contribution < 1.29 is 21.7 Å². The number of allylic oxidation sites excluding steroid dienone is 4. The SMILES string of the molecule is CC(C)(C)[NH-].Cl.Cl.[CH2-]c1c(C2=C(C)C(C)=CC2)ccc2ccccc12.[Ti+2]. The molecule has 0 atom stereocenters. The number of hydrogen-bond donors (Lipinski definition) is 0. The van der Waals surface area contributed by atoms with E-state index in [2.05, 4.69) is 63.2 Å². The number of fused-ring (bicyclic) bond motifs is 1. The zero-order valence-electron chi connectivity index (χ0n) is 16.3. The van der Waals surface area contributed by atoms with Crippen molar-refractivity contribution in [3.8, 4) is 0 Å². The third-order valence-electron chi connectivity index (χ3n) is 4.02. The van der Waals surface area contributed by atoms with Gasteiger partial charge in [0.15, 0.2) is 0 Å². The Hall–Kier alpha value is -0.696. The fourth-order valence-electron chi connectivity index (χ4n) is 2.73. The Morgan fingerprint density at radius 1 is 0.962 bits per heavy atom. The molecule has 4 heteroatoms. The van der Waals surface area contributed by atoms with Crippen molar-refractivity contribution in [2.24, 2.45) is 0 Å². The Labute approximate surface area is 186 Å². The predicted octanol–water partition coefficient (Wildman–Crippen LogP) is 7.82. The molecule has 0 aromatic heterocycles. The Bertz CT molecular complexity index is 780. The van der Waals surface area contributed by atoms with E-state index in [-0.39, 0.29) is 52.1 Å². The van der Waals surface area contributed by atoms with Crippen molar-refractivity contribution in [1.29, 1.82) is 0 Å². The van der Waals surface area contributed by atoms with Crippen LogP contribution in [0.4, 0.5) is 0 Å². The number of benzene rings is 2. The molecule has 0 saturated heterocycles. The monoisotopic (exact) mass is 425 g/mol. The van der Waals surface area contributed by atoms with Crippen molar-refractivity contribution in [3.63, 3.8) is 0 Å². The standard InChI is InChI=1S/C18H17.C4H10N.2ClH.Ti/c1-12-8-10-17(13(12)2)18-11-9-15-6-4-5-7-16(15)14(18)3;1-4(2,3)5;;;/h4-9,11H,3,10H2,1-2H3;5H,1-3H3;2*1H;/q2*-1;;;+2. The molecule has 0 radical (unpaired) electrons. The van der Waals surface area contributed by atoms with Crippen LogP contribution in [0, 0.1) is 6.92 Å². The molecule has 0 bridgehead atoms. The smallest absolute Gasteiger partial charge is 0.673 e. The summed E-state index contributed by atoms with van der Waals surface area (Å²) in [5.41, 5.74) is 13.4. The van der Waals surface area contributed by atoms with Crippen molar-refractivity contribution >= 4 is 41.2 Å². The molecule has 0 spiro atoms. The van der Waals surface area contributed by atoms with Crippen LogP contribution >= 0.6 is 24.8 Å². The van der Waals surface area contributed by atoms with Crippen LogP contribution in [0.2, 0.25) is 0 Å². The van der Waals surface area contributed by atoms with Crippen LogP contribution in [0.1, 0.15) is 52.2 Å². The first-order chi connectivity index (χ1) is 10.7. The summed E-state index contributed by atoms with van der Waals surface area (Å²) in [6.07, 6.45) is 3.35. The summed E-state index contributed by atoms with van der Waals surface area (Å²) < 4.78 is 0. The van der Waals surface area contributed by atoms with E-state index in [4.69, 9.17) is 5.73 Å². The van der Waals surface area contributed by atoms with E-state index in [1.165, 1.54) is 33.1 Å². The van der Waals surface area contributed by atoms with Gasteiger partial charge in [0, 0.05) is 0 Å². The van der Waals surface area contributed by atoms with Gasteiger partial charge < -0.3 is 5.73 Å². The molecule has 0 unspecified atom stereocenters. The van der Waals surface area contributed by atoms with Crippen LogP contribution in [-0.4, -0.2) is 5.54 Å². The van der Waals surface area contributed by atoms with Gasteiger partial charge in [-0.1, -0.05) is 73.2 Å². The molecule has 2 aromatic carbocycles. The normalized spacial score (nSPS) is 12.9. The quantitative estimate of drug-likeness (QED) is 0.328. The van der Waals surface area contributed by atoms with Gasteiger partial charge in [0.2, 0.25) is 0 Å². The molecule has 2 aromatic rings. The van der Waals surface area contributed by atoms with E-state index < -0.39 is 0 Å². The molecule has 140 valence electrons. The van der Waals surface area contributed by atoms with Crippen LogP contribution in [0.5, 0.6) is 0 Å². The summed E-state index contributed by atoms with van der Waals surface area (Å²) in [6.45, 7) is 14.3. The molecule has 0 fully saturated rings. The van der Waals surface area contributed by atoms with Gasteiger partial charge in [0.1, 0.15) is 0 Å². The zero-order valence-corrected chi connectivity index (χ0v) is 19.5. The summed E-state index contributed by atoms with van der Waals surface area (Å²) >= 11 is 0. The third-order valence-corrected chi connectivity index (χ3v) is 4.02. The maximum atomic E-state index is 6.94. The second kappa shape index (κ2) is 11.2. The van der Waals surface area contributed by atoms with Crippen LogP contribution in [0.25, 0.3) is 22.1 Å². The second-order valence-corrected chi connectivity index (χ2v) is 7.26. The van der Waals surface area contributed by atoms with E-state index in [9.17, 15) is 0 Å². The zero-order chi connectivity index (χ0) is 17.2. The van der Waals surface area contributed by atoms with Crippen LogP contribution in [0.3, 0.4) is 0 Å². The minimum Gasteiger partial charge on any atom is -0.673 e. The fourth-order valence-corrected chi connectivity index (χ4v) is 2.73. The molecule has 0 amide bonds. The summed E-state index contributed by atoms with van der Waals surface area (Å²) in [4.78, 5) is 0. The Kier molecular flexibility index (Phi) is 11.9. The summed E-state index contributed by atoms with van der Waals surface area (Å²) in [5.74, 6) is 0. The maximum absolute atomic E-state index is 6.94. The van der Waals surface area contributed by atoms with Crippen molar-refractivity contribution in [3.05, 3.63) is 77.4 Å². The molecule has 0 heterocycles. The topological polar surface area (TPSA) is 23.8 Å². The average molecular weight is 426 g/mol. The maximum Gasteiger partial charge on any atom is 2.00 e. The van der Waals surface area contributed by atoms with E-state index in [0.717, 1.165) is 12.0 Å². The van der Waals surface area contributed by atoms with Gasteiger partial charge in [0.05, 0.1) is 0 Å². The van der Waals surface area contributed by atoms with Crippen molar-refractivity contribution in [2.45, 2.75) is 46.6 Å². The average Bonchev–Trinajstić information content (AvgIpc) is 2.78. The molecule has 1 nitrogen and oxygen atoms in total. The first-order valence-corrected chi connectivity index (χ1v) is 8.14. The van der Waals surface area contributed by atoms with Crippen LogP contribution in [0.15, 0.2) is 53.6 Å². The van der Waals surface area contributed by atoms with E-state index in [1.54, 1.807) is 0 Å². The predicted molar refractivity (Wildman–Crippen MR) is 118 cm³/mol. The van der Waals surface area contributed by atoms with Gasteiger partial charge in [0.25, 0.3) is 0 Å². The first-order valence-electron chi connectivity index (χ1n) is 8.14. The van der Waals surface area contributed by atoms with Gasteiger partial charge in [-0.2, -0.15) is 12.5 Å². The van der Waals surface area contributed by atoms with Crippen LogP contribution in [-0.2, 0) is 21.7 Å². The number of hydrogen-bond acceptors (Lipinski definition) is 0. The minimum absolute atomic E-state index is 0. The van der Waals surface area contributed by atoms with Crippen molar-refractivity contribution in [2.75, 3.05) is 0 Å². The van der Waals surface area contributed by atoms with Gasteiger partial charge >= 0.3 is 21.7 Å².